The molecule has 1 amide bonds. The molecule has 5 nitrogen and oxygen atoms in total. The molecular formula is C20H23N3O2. The lowest BCUT2D eigenvalue weighted by Crippen LogP contribution is -2.43. The van der Waals surface area contributed by atoms with E-state index in [1.165, 1.54) is 0 Å². The van der Waals surface area contributed by atoms with Crippen LogP contribution in [0.15, 0.2) is 54.7 Å². The number of carbonyl (C=O) groups excluding carboxylic acids is 1. The van der Waals surface area contributed by atoms with Crippen molar-refractivity contribution in [2.75, 3.05) is 32.8 Å². The number of rotatable bonds is 5. The van der Waals surface area contributed by atoms with Crippen molar-refractivity contribution >= 4 is 5.91 Å². The van der Waals surface area contributed by atoms with Crippen molar-refractivity contribution < 1.29 is 9.53 Å². The van der Waals surface area contributed by atoms with E-state index in [1.54, 1.807) is 0 Å². The molecule has 5 heteroatoms. The van der Waals surface area contributed by atoms with Gasteiger partial charge in [-0.1, -0.05) is 24.3 Å². The minimum absolute atomic E-state index is 0.0104. The van der Waals surface area contributed by atoms with Crippen molar-refractivity contribution in [3.63, 3.8) is 0 Å². The molecule has 130 valence electrons. The number of hydrogen-bond donors (Lipinski definition) is 1. The van der Waals surface area contributed by atoms with Gasteiger partial charge in [0.15, 0.2) is 0 Å². The maximum absolute atomic E-state index is 12.4. The molecule has 0 aliphatic carbocycles. The lowest BCUT2D eigenvalue weighted by molar-refractivity contribution is 0.0904. The van der Waals surface area contributed by atoms with E-state index in [-0.39, 0.29) is 11.3 Å². The van der Waals surface area contributed by atoms with Crippen molar-refractivity contribution in [3.8, 4) is 0 Å². The summed E-state index contributed by atoms with van der Waals surface area (Å²) in [7, 11) is 0. The molecule has 2 aliphatic heterocycles. The summed E-state index contributed by atoms with van der Waals surface area (Å²) < 4.78 is 5.76. The van der Waals surface area contributed by atoms with Crippen LogP contribution in [0.1, 0.15) is 16.1 Å². The van der Waals surface area contributed by atoms with Gasteiger partial charge in [0.25, 0.3) is 5.91 Å². The molecule has 2 saturated heterocycles. The van der Waals surface area contributed by atoms with Gasteiger partial charge in [0.2, 0.25) is 0 Å². The molecule has 1 N–H and O–H groups in total. The third-order valence-corrected chi connectivity index (χ3v) is 5.34. The molecule has 0 saturated carbocycles. The highest BCUT2D eigenvalue weighted by Gasteiger charge is 2.50. The van der Waals surface area contributed by atoms with Gasteiger partial charge in [0.1, 0.15) is 0 Å². The zero-order valence-electron chi connectivity index (χ0n) is 14.2. The first-order valence-corrected chi connectivity index (χ1v) is 8.78. The zero-order valence-corrected chi connectivity index (χ0v) is 14.2. The van der Waals surface area contributed by atoms with Crippen LogP contribution in [-0.2, 0) is 11.3 Å². The normalized spacial score (nSPS) is 25.7. The van der Waals surface area contributed by atoms with Gasteiger partial charge in [-0.3, -0.25) is 14.7 Å². The second-order valence-corrected chi connectivity index (χ2v) is 7.11. The van der Waals surface area contributed by atoms with Crippen LogP contribution in [-0.4, -0.2) is 48.6 Å². The Kier molecular flexibility index (Phi) is 4.51. The SMILES string of the molecule is O=C(NC[C@]12COC[C@H]1CN(Cc1ccccn1)C2)c1ccccc1. The van der Waals surface area contributed by atoms with Gasteiger partial charge in [-0.15, -0.1) is 0 Å². The average molecular weight is 337 g/mol. The molecule has 0 unspecified atom stereocenters. The van der Waals surface area contributed by atoms with Crippen LogP contribution in [0.2, 0.25) is 0 Å². The maximum Gasteiger partial charge on any atom is 0.251 e. The summed E-state index contributed by atoms with van der Waals surface area (Å²) in [6, 6.07) is 15.4. The van der Waals surface area contributed by atoms with Crippen molar-refractivity contribution in [3.05, 3.63) is 66.0 Å². The number of ether oxygens (including phenoxy) is 1. The number of carbonyl (C=O) groups is 1. The molecule has 0 bridgehead atoms. The quantitative estimate of drug-likeness (QED) is 0.906. The fourth-order valence-electron chi connectivity index (χ4n) is 3.98. The Bertz CT molecular complexity index is 722. The molecule has 0 radical (unpaired) electrons. The van der Waals surface area contributed by atoms with Gasteiger partial charge in [0.05, 0.1) is 18.9 Å². The molecule has 2 fully saturated rings. The molecular weight excluding hydrogens is 314 g/mol. The molecule has 3 heterocycles. The first kappa shape index (κ1) is 16.2. The standard InChI is InChI=1S/C20H23N3O2/c24-19(16-6-2-1-3-7-16)22-13-20-14-23(10-17(20)12-25-15-20)11-18-8-4-5-9-21-18/h1-9,17H,10-15H2,(H,22,24)/t17-,20+/m1/s1. The number of hydrogen-bond acceptors (Lipinski definition) is 4. The summed E-state index contributed by atoms with van der Waals surface area (Å²) in [6.07, 6.45) is 1.84. The number of fused-ring (bicyclic) bond motifs is 1. The van der Waals surface area contributed by atoms with Crippen molar-refractivity contribution in [1.29, 1.82) is 0 Å². The second kappa shape index (κ2) is 6.94. The summed E-state index contributed by atoms with van der Waals surface area (Å²) in [5, 5.41) is 3.13. The predicted molar refractivity (Wildman–Crippen MR) is 95.0 cm³/mol. The van der Waals surface area contributed by atoms with Gasteiger partial charge >= 0.3 is 0 Å². The Morgan fingerprint density at radius 3 is 2.88 bits per heavy atom. The van der Waals surface area contributed by atoms with Crippen LogP contribution in [0.4, 0.5) is 0 Å². The Labute approximate surface area is 148 Å². The fraction of sp³-hybridized carbons (Fsp3) is 0.400. The molecule has 4 rings (SSSR count). The molecule has 2 atom stereocenters. The molecule has 2 aliphatic rings. The van der Waals surface area contributed by atoms with Gasteiger partial charge in [-0.25, -0.2) is 0 Å². The van der Waals surface area contributed by atoms with E-state index < -0.39 is 0 Å². The van der Waals surface area contributed by atoms with Crippen LogP contribution in [0.25, 0.3) is 0 Å². The van der Waals surface area contributed by atoms with Crippen molar-refractivity contribution in [2.45, 2.75) is 6.54 Å². The second-order valence-electron chi connectivity index (χ2n) is 7.11. The van der Waals surface area contributed by atoms with Crippen LogP contribution < -0.4 is 5.32 Å². The summed E-state index contributed by atoms with van der Waals surface area (Å²) in [5.74, 6) is 0.455. The number of nitrogens with one attached hydrogen (secondary N) is 1. The lowest BCUT2D eigenvalue weighted by Gasteiger charge is -2.27. The van der Waals surface area contributed by atoms with E-state index in [4.69, 9.17) is 4.74 Å². The van der Waals surface area contributed by atoms with Gasteiger partial charge in [0, 0.05) is 49.3 Å². The smallest absolute Gasteiger partial charge is 0.251 e. The van der Waals surface area contributed by atoms with Crippen LogP contribution >= 0.6 is 0 Å². The van der Waals surface area contributed by atoms with Crippen molar-refractivity contribution in [1.82, 2.24) is 15.2 Å². The topological polar surface area (TPSA) is 54.5 Å². The Balaban J connectivity index is 1.40. The number of aromatic nitrogens is 1. The highest BCUT2D eigenvalue weighted by atomic mass is 16.5. The third-order valence-electron chi connectivity index (χ3n) is 5.34. The zero-order chi connectivity index (χ0) is 17.1. The Morgan fingerprint density at radius 1 is 1.24 bits per heavy atom. The lowest BCUT2D eigenvalue weighted by atomic mass is 9.81. The van der Waals surface area contributed by atoms with Gasteiger partial charge < -0.3 is 10.1 Å². The van der Waals surface area contributed by atoms with Crippen molar-refractivity contribution in [2.24, 2.45) is 11.3 Å². The Morgan fingerprint density at radius 2 is 2.08 bits per heavy atom. The first-order valence-electron chi connectivity index (χ1n) is 8.78. The molecule has 2 aromatic rings. The summed E-state index contributed by atoms with van der Waals surface area (Å²) in [6.45, 7) is 4.93. The largest absolute Gasteiger partial charge is 0.380 e. The summed E-state index contributed by atoms with van der Waals surface area (Å²) in [5.41, 5.74) is 1.81. The molecule has 1 aromatic carbocycles. The maximum atomic E-state index is 12.4. The van der Waals surface area contributed by atoms with Crippen LogP contribution in [0.3, 0.4) is 0 Å². The molecule has 0 spiro atoms. The highest BCUT2D eigenvalue weighted by molar-refractivity contribution is 5.94. The molecule has 1 aromatic heterocycles. The van der Waals surface area contributed by atoms with Crippen LogP contribution in [0, 0.1) is 11.3 Å². The number of benzene rings is 1. The van der Waals surface area contributed by atoms with Gasteiger partial charge in [-0.05, 0) is 24.3 Å². The predicted octanol–water partition coefficient (Wildman–Crippen LogP) is 1.96. The number of nitrogens with zero attached hydrogens (tertiary/aromatic N) is 2. The van der Waals surface area contributed by atoms with E-state index in [0.29, 0.717) is 24.6 Å². The number of amides is 1. The van der Waals surface area contributed by atoms with E-state index in [9.17, 15) is 4.79 Å². The number of pyridine rings is 1. The first-order chi connectivity index (χ1) is 12.3. The monoisotopic (exact) mass is 337 g/mol. The van der Waals surface area contributed by atoms with E-state index >= 15 is 0 Å². The van der Waals surface area contributed by atoms with E-state index in [1.807, 2.05) is 48.7 Å². The summed E-state index contributed by atoms with van der Waals surface area (Å²) >= 11 is 0. The summed E-state index contributed by atoms with van der Waals surface area (Å²) in [4.78, 5) is 19.2. The van der Waals surface area contributed by atoms with E-state index in [0.717, 1.165) is 31.9 Å². The Hall–Kier alpha value is -2.24. The fourth-order valence-corrected chi connectivity index (χ4v) is 3.98. The average Bonchev–Trinajstić information content (AvgIpc) is 3.18. The minimum atomic E-state index is -0.0104. The van der Waals surface area contributed by atoms with Gasteiger partial charge in [-0.2, -0.15) is 0 Å². The number of likely N-dealkylation sites (tertiary alicyclic amines) is 1. The van der Waals surface area contributed by atoms with Crippen LogP contribution in [0.5, 0.6) is 0 Å². The third kappa shape index (κ3) is 3.43. The molecule has 25 heavy (non-hydrogen) atoms. The van der Waals surface area contributed by atoms with E-state index in [2.05, 4.69) is 21.3 Å². The minimum Gasteiger partial charge on any atom is -0.380 e. The highest BCUT2D eigenvalue weighted by Crippen LogP contribution is 2.41.